The number of nitrogen functional groups attached to an aromatic ring is 1. The molecule has 0 bridgehead atoms. The Bertz CT molecular complexity index is 460. The fourth-order valence-electron chi connectivity index (χ4n) is 1.72. The molecule has 0 radical (unpaired) electrons. The summed E-state index contributed by atoms with van der Waals surface area (Å²) in [6.45, 7) is 4.74. The van der Waals surface area contributed by atoms with Crippen LogP contribution in [0.4, 0.5) is 5.82 Å². The summed E-state index contributed by atoms with van der Waals surface area (Å²) >= 11 is 0. The summed E-state index contributed by atoms with van der Waals surface area (Å²) in [6, 6.07) is 0. The van der Waals surface area contributed by atoms with E-state index >= 15 is 0 Å². The largest absolute Gasteiger partial charge is 0.381 e. The van der Waals surface area contributed by atoms with Gasteiger partial charge in [0.15, 0.2) is 10.8 Å². The van der Waals surface area contributed by atoms with E-state index in [0.717, 1.165) is 19.3 Å². The van der Waals surface area contributed by atoms with E-state index in [9.17, 15) is 8.42 Å². The standard InChI is InChI=1S/C11H22N4O2S/c1-9(2)6-4-5-7-14-18(16,17)11-10(12)13-8-15(11)3/h8-9,14H,4-7,12H2,1-3H3. The van der Waals surface area contributed by atoms with Crippen LogP contribution in [0.15, 0.2) is 11.4 Å². The summed E-state index contributed by atoms with van der Waals surface area (Å²) in [4.78, 5) is 3.77. The van der Waals surface area contributed by atoms with E-state index in [-0.39, 0.29) is 10.8 Å². The van der Waals surface area contributed by atoms with Gasteiger partial charge in [-0.05, 0) is 12.3 Å². The average Bonchev–Trinajstić information content (AvgIpc) is 2.57. The van der Waals surface area contributed by atoms with E-state index in [1.165, 1.54) is 10.9 Å². The molecule has 7 heteroatoms. The lowest BCUT2D eigenvalue weighted by molar-refractivity contribution is 0.529. The predicted octanol–water partition coefficient (Wildman–Crippen LogP) is 1.11. The van der Waals surface area contributed by atoms with E-state index < -0.39 is 10.0 Å². The lowest BCUT2D eigenvalue weighted by atomic mass is 10.1. The molecule has 1 rings (SSSR count). The van der Waals surface area contributed by atoms with Gasteiger partial charge in [0.2, 0.25) is 0 Å². The van der Waals surface area contributed by atoms with Gasteiger partial charge in [-0.25, -0.2) is 18.1 Å². The van der Waals surface area contributed by atoms with Gasteiger partial charge in [0, 0.05) is 13.6 Å². The van der Waals surface area contributed by atoms with Gasteiger partial charge in [-0.1, -0.05) is 26.7 Å². The first-order chi connectivity index (χ1) is 8.34. The number of imidazole rings is 1. The highest BCUT2D eigenvalue weighted by molar-refractivity contribution is 7.89. The van der Waals surface area contributed by atoms with Gasteiger partial charge in [-0.15, -0.1) is 0 Å². The van der Waals surface area contributed by atoms with Crippen molar-refractivity contribution in [3.8, 4) is 0 Å². The second kappa shape index (κ2) is 6.19. The Balaban J connectivity index is 2.51. The van der Waals surface area contributed by atoms with E-state index in [1.807, 2.05) is 0 Å². The first kappa shape index (κ1) is 15.0. The topological polar surface area (TPSA) is 90.0 Å². The van der Waals surface area contributed by atoms with Crippen molar-refractivity contribution in [1.82, 2.24) is 14.3 Å². The molecule has 18 heavy (non-hydrogen) atoms. The first-order valence-electron chi connectivity index (χ1n) is 6.11. The zero-order chi connectivity index (χ0) is 13.8. The number of sulfonamides is 1. The lowest BCUT2D eigenvalue weighted by Gasteiger charge is -2.08. The second-order valence-electron chi connectivity index (χ2n) is 4.83. The lowest BCUT2D eigenvalue weighted by Crippen LogP contribution is -2.27. The second-order valence-corrected chi connectivity index (χ2v) is 6.52. The van der Waals surface area contributed by atoms with Crippen molar-refractivity contribution in [3.63, 3.8) is 0 Å². The van der Waals surface area contributed by atoms with Crippen LogP contribution in [0.25, 0.3) is 0 Å². The summed E-state index contributed by atoms with van der Waals surface area (Å²) in [6.07, 6.45) is 4.34. The predicted molar refractivity (Wildman–Crippen MR) is 71.5 cm³/mol. The number of aromatic nitrogens is 2. The van der Waals surface area contributed by atoms with Crippen LogP contribution in [0.1, 0.15) is 33.1 Å². The van der Waals surface area contributed by atoms with Crippen LogP contribution >= 0.6 is 0 Å². The molecule has 0 saturated carbocycles. The van der Waals surface area contributed by atoms with Gasteiger partial charge in [-0.3, -0.25) is 0 Å². The molecular weight excluding hydrogens is 252 g/mol. The molecule has 6 nitrogen and oxygen atoms in total. The van der Waals surface area contributed by atoms with Gasteiger partial charge in [-0.2, -0.15) is 0 Å². The molecule has 1 heterocycles. The van der Waals surface area contributed by atoms with Crippen molar-refractivity contribution in [1.29, 1.82) is 0 Å². The maximum Gasteiger partial charge on any atom is 0.260 e. The Kier molecular flexibility index (Phi) is 5.15. The molecule has 0 spiro atoms. The van der Waals surface area contributed by atoms with Crippen molar-refractivity contribution in [2.45, 2.75) is 38.1 Å². The average molecular weight is 274 g/mol. The fraction of sp³-hybridized carbons (Fsp3) is 0.727. The number of unbranched alkanes of at least 4 members (excludes halogenated alkanes) is 1. The van der Waals surface area contributed by atoms with E-state index in [1.54, 1.807) is 7.05 Å². The van der Waals surface area contributed by atoms with Gasteiger partial charge in [0.1, 0.15) is 0 Å². The molecule has 1 aromatic rings. The summed E-state index contributed by atoms with van der Waals surface area (Å²) in [5.74, 6) is 0.682. The van der Waals surface area contributed by atoms with Crippen LogP contribution in [-0.2, 0) is 17.1 Å². The maximum absolute atomic E-state index is 12.0. The quantitative estimate of drug-likeness (QED) is 0.729. The zero-order valence-corrected chi connectivity index (χ0v) is 12.0. The highest BCUT2D eigenvalue weighted by atomic mass is 32.2. The van der Waals surface area contributed by atoms with Crippen LogP contribution in [0.2, 0.25) is 0 Å². The third-order valence-electron chi connectivity index (χ3n) is 2.66. The number of aryl methyl sites for hydroxylation is 1. The summed E-state index contributed by atoms with van der Waals surface area (Å²) < 4.78 is 27.9. The molecule has 0 amide bonds. The molecule has 3 N–H and O–H groups in total. The van der Waals surface area contributed by atoms with Crippen molar-refractivity contribution >= 4 is 15.8 Å². The number of nitrogens with zero attached hydrogens (tertiary/aromatic N) is 2. The Hall–Kier alpha value is -1.08. The normalized spacial score (nSPS) is 12.2. The number of hydrogen-bond acceptors (Lipinski definition) is 4. The smallest absolute Gasteiger partial charge is 0.260 e. The summed E-state index contributed by atoms with van der Waals surface area (Å²) in [5, 5.41) is 0.0337. The number of nitrogens with one attached hydrogen (secondary N) is 1. The summed E-state index contributed by atoms with van der Waals surface area (Å²) in [5.41, 5.74) is 5.55. The zero-order valence-electron chi connectivity index (χ0n) is 11.2. The molecule has 0 saturated heterocycles. The van der Waals surface area contributed by atoms with Gasteiger partial charge in [0.05, 0.1) is 6.33 Å². The first-order valence-corrected chi connectivity index (χ1v) is 7.59. The molecule has 0 unspecified atom stereocenters. The molecule has 0 aromatic carbocycles. The van der Waals surface area contributed by atoms with Crippen LogP contribution in [0, 0.1) is 5.92 Å². The van der Waals surface area contributed by atoms with Crippen molar-refractivity contribution in [2.24, 2.45) is 13.0 Å². The third kappa shape index (κ3) is 3.99. The van der Waals surface area contributed by atoms with Crippen LogP contribution < -0.4 is 10.5 Å². The van der Waals surface area contributed by atoms with Gasteiger partial charge >= 0.3 is 0 Å². The SMILES string of the molecule is CC(C)CCCCNS(=O)(=O)c1c(N)ncn1C. The molecule has 104 valence electrons. The minimum absolute atomic E-state index is 0.0337. The Morgan fingerprint density at radius 2 is 2.11 bits per heavy atom. The molecule has 0 fully saturated rings. The van der Waals surface area contributed by atoms with E-state index in [4.69, 9.17) is 5.73 Å². The molecule has 0 aliphatic carbocycles. The molecular formula is C11H22N4O2S. The maximum atomic E-state index is 12.0. The third-order valence-corrected chi connectivity index (χ3v) is 4.25. The fourth-order valence-corrected chi connectivity index (χ4v) is 3.02. The number of hydrogen-bond donors (Lipinski definition) is 2. The molecule has 0 aliphatic heterocycles. The van der Waals surface area contributed by atoms with Crippen LogP contribution in [0.5, 0.6) is 0 Å². The minimum Gasteiger partial charge on any atom is -0.381 e. The van der Waals surface area contributed by atoms with Crippen molar-refractivity contribution < 1.29 is 8.42 Å². The van der Waals surface area contributed by atoms with Crippen LogP contribution in [0.3, 0.4) is 0 Å². The number of nitrogens with two attached hydrogens (primary N) is 1. The highest BCUT2D eigenvalue weighted by Crippen LogP contribution is 2.15. The molecule has 0 aliphatic rings. The van der Waals surface area contributed by atoms with E-state index in [0.29, 0.717) is 12.5 Å². The Labute approximate surface area is 109 Å². The number of rotatable bonds is 7. The van der Waals surface area contributed by atoms with Gasteiger partial charge in [0.25, 0.3) is 10.0 Å². The molecule has 1 aromatic heterocycles. The number of anilines is 1. The van der Waals surface area contributed by atoms with Crippen molar-refractivity contribution in [3.05, 3.63) is 6.33 Å². The monoisotopic (exact) mass is 274 g/mol. The molecule has 0 atom stereocenters. The summed E-state index contributed by atoms with van der Waals surface area (Å²) in [7, 11) is -1.95. The Morgan fingerprint density at radius 1 is 1.44 bits per heavy atom. The minimum atomic E-state index is -3.55. The van der Waals surface area contributed by atoms with Gasteiger partial charge < -0.3 is 10.3 Å². The Morgan fingerprint density at radius 3 is 2.61 bits per heavy atom. The van der Waals surface area contributed by atoms with E-state index in [2.05, 4.69) is 23.6 Å². The van der Waals surface area contributed by atoms with Crippen LogP contribution in [-0.4, -0.2) is 24.5 Å². The van der Waals surface area contributed by atoms with Crippen molar-refractivity contribution in [2.75, 3.05) is 12.3 Å². The highest BCUT2D eigenvalue weighted by Gasteiger charge is 2.21.